The molecule has 2 amide bonds. The van der Waals surface area contributed by atoms with E-state index in [2.05, 4.69) is 29.6 Å². The fourth-order valence-electron chi connectivity index (χ4n) is 5.48. The Bertz CT molecular complexity index is 1040. The van der Waals surface area contributed by atoms with E-state index in [-0.39, 0.29) is 36.9 Å². The monoisotopic (exact) mass is 478 g/mol. The number of alkyl carbamates (subject to hydrolysis) is 1. The molecule has 1 aliphatic heterocycles. The van der Waals surface area contributed by atoms with E-state index >= 15 is 0 Å². The van der Waals surface area contributed by atoms with Gasteiger partial charge in [0.1, 0.15) is 6.61 Å². The minimum atomic E-state index is -0.800. The zero-order valence-corrected chi connectivity index (χ0v) is 20.4. The van der Waals surface area contributed by atoms with E-state index < -0.39 is 18.0 Å². The quantitative estimate of drug-likeness (QED) is 0.576. The van der Waals surface area contributed by atoms with Gasteiger partial charge in [-0.25, -0.2) is 4.79 Å². The first-order valence-corrected chi connectivity index (χ1v) is 12.5. The molecule has 2 N–H and O–H groups in total. The second-order valence-corrected chi connectivity index (χ2v) is 9.63. The Morgan fingerprint density at radius 2 is 1.71 bits per heavy atom. The lowest BCUT2D eigenvalue weighted by Crippen LogP contribution is -2.50. The number of piperidine rings is 1. The second kappa shape index (κ2) is 10.9. The number of hydrogen-bond acceptors (Lipinski definition) is 4. The third-order valence-electron chi connectivity index (χ3n) is 7.33. The number of likely N-dealkylation sites (tertiary alicyclic amines) is 1. The molecule has 1 unspecified atom stereocenters. The van der Waals surface area contributed by atoms with Crippen LogP contribution in [-0.2, 0) is 14.3 Å². The number of carbonyl (C=O) groups is 3. The first-order valence-electron chi connectivity index (χ1n) is 12.5. The van der Waals surface area contributed by atoms with Crippen LogP contribution in [0.4, 0.5) is 4.79 Å². The molecule has 0 saturated carbocycles. The van der Waals surface area contributed by atoms with Gasteiger partial charge in [0.25, 0.3) is 0 Å². The molecule has 1 fully saturated rings. The van der Waals surface area contributed by atoms with Gasteiger partial charge in [0.15, 0.2) is 0 Å². The Kier molecular flexibility index (Phi) is 7.73. The number of hydrogen-bond donors (Lipinski definition) is 2. The molecule has 7 heteroatoms. The number of carboxylic acid groups (broad SMARTS) is 1. The number of amides is 2. The van der Waals surface area contributed by atoms with Gasteiger partial charge in [-0.2, -0.15) is 0 Å². The molecule has 1 aliphatic carbocycles. The van der Waals surface area contributed by atoms with Gasteiger partial charge in [0.05, 0.1) is 11.8 Å². The Hall–Kier alpha value is -3.35. The fourth-order valence-corrected chi connectivity index (χ4v) is 5.48. The van der Waals surface area contributed by atoms with E-state index in [0.717, 1.165) is 17.5 Å². The van der Waals surface area contributed by atoms with Crippen LogP contribution in [0.3, 0.4) is 0 Å². The normalized spacial score (nSPS) is 20.0. The third-order valence-corrected chi connectivity index (χ3v) is 7.33. The van der Waals surface area contributed by atoms with Gasteiger partial charge in [-0.15, -0.1) is 0 Å². The molecule has 4 rings (SSSR count). The lowest BCUT2D eigenvalue weighted by Gasteiger charge is -2.38. The molecule has 0 radical (unpaired) electrons. The van der Waals surface area contributed by atoms with Gasteiger partial charge in [-0.3, -0.25) is 9.59 Å². The molecule has 2 aliphatic rings. The maximum absolute atomic E-state index is 13.2. The van der Waals surface area contributed by atoms with Crippen LogP contribution in [0.15, 0.2) is 48.5 Å². The molecular formula is C28H34N2O5. The SMILES string of the molecule is CCCC(CNC(=O)OCC1c2ccccc2-c2ccccc21)C(=O)N1CC[C@H](C(=O)O)C[C@@H]1C. The van der Waals surface area contributed by atoms with E-state index in [4.69, 9.17) is 4.74 Å². The minimum absolute atomic E-state index is 0.0161. The Morgan fingerprint density at radius 3 is 2.29 bits per heavy atom. The molecule has 0 bridgehead atoms. The summed E-state index contributed by atoms with van der Waals surface area (Å²) in [6.45, 7) is 4.77. The molecule has 186 valence electrons. The van der Waals surface area contributed by atoms with E-state index in [1.165, 1.54) is 11.1 Å². The zero-order chi connectivity index (χ0) is 24.9. The summed E-state index contributed by atoms with van der Waals surface area (Å²) < 4.78 is 5.61. The number of ether oxygens (including phenoxy) is 1. The summed E-state index contributed by atoms with van der Waals surface area (Å²) in [4.78, 5) is 38.9. The van der Waals surface area contributed by atoms with Crippen LogP contribution >= 0.6 is 0 Å². The first kappa shape index (κ1) is 24.8. The number of aliphatic carboxylic acids is 1. The molecule has 2 aromatic carbocycles. The molecule has 1 saturated heterocycles. The lowest BCUT2D eigenvalue weighted by atomic mass is 9.90. The molecule has 1 heterocycles. The summed E-state index contributed by atoms with van der Waals surface area (Å²) in [7, 11) is 0. The van der Waals surface area contributed by atoms with Crippen molar-refractivity contribution in [3.8, 4) is 11.1 Å². The van der Waals surface area contributed by atoms with Crippen LogP contribution in [0, 0.1) is 11.8 Å². The number of fused-ring (bicyclic) bond motifs is 3. The average Bonchev–Trinajstić information content (AvgIpc) is 3.18. The lowest BCUT2D eigenvalue weighted by molar-refractivity contribution is -0.149. The number of benzene rings is 2. The highest BCUT2D eigenvalue weighted by Gasteiger charge is 2.35. The number of carbonyl (C=O) groups excluding carboxylic acids is 2. The summed E-state index contributed by atoms with van der Waals surface area (Å²) in [5.41, 5.74) is 4.65. The summed E-state index contributed by atoms with van der Waals surface area (Å²) in [5, 5.41) is 12.1. The summed E-state index contributed by atoms with van der Waals surface area (Å²) in [5.74, 6) is -1.60. The second-order valence-electron chi connectivity index (χ2n) is 9.63. The van der Waals surface area contributed by atoms with Crippen molar-refractivity contribution in [3.63, 3.8) is 0 Å². The number of nitrogens with zero attached hydrogens (tertiary/aromatic N) is 1. The molecule has 0 aromatic heterocycles. The number of nitrogens with one attached hydrogen (secondary N) is 1. The van der Waals surface area contributed by atoms with E-state index in [0.29, 0.717) is 25.8 Å². The van der Waals surface area contributed by atoms with Crippen molar-refractivity contribution in [3.05, 3.63) is 59.7 Å². The van der Waals surface area contributed by atoms with Gasteiger partial charge in [-0.05, 0) is 48.4 Å². The Morgan fingerprint density at radius 1 is 1.09 bits per heavy atom. The van der Waals surface area contributed by atoms with Gasteiger partial charge < -0.3 is 20.1 Å². The van der Waals surface area contributed by atoms with Crippen molar-refractivity contribution in [1.29, 1.82) is 0 Å². The highest BCUT2D eigenvalue weighted by atomic mass is 16.5. The largest absolute Gasteiger partial charge is 0.481 e. The summed E-state index contributed by atoms with van der Waals surface area (Å²) in [6, 6.07) is 16.2. The van der Waals surface area contributed by atoms with Crippen molar-refractivity contribution >= 4 is 18.0 Å². The average molecular weight is 479 g/mol. The molecule has 0 spiro atoms. The third kappa shape index (κ3) is 5.34. The highest BCUT2D eigenvalue weighted by molar-refractivity contribution is 5.81. The van der Waals surface area contributed by atoms with Gasteiger partial charge >= 0.3 is 12.1 Å². The van der Waals surface area contributed by atoms with Crippen molar-refractivity contribution in [1.82, 2.24) is 10.2 Å². The van der Waals surface area contributed by atoms with Crippen LogP contribution < -0.4 is 5.32 Å². The van der Waals surface area contributed by atoms with E-state index in [1.54, 1.807) is 4.90 Å². The predicted octanol–water partition coefficient (Wildman–Crippen LogP) is 4.65. The predicted molar refractivity (Wildman–Crippen MR) is 133 cm³/mol. The van der Waals surface area contributed by atoms with Gasteiger partial charge in [0, 0.05) is 25.0 Å². The number of rotatable bonds is 8. The van der Waals surface area contributed by atoms with Crippen LogP contribution in [0.1, 0.15) is 56.6 Å². The van der Waals surface area contributed by atoms with Crippen molar-refractivity contribution in [2.45, 2.75) is 51.5 Å². The minimum Gasteiger partial charge on any atom is -0.481 e. The van der Waals surface area contributed by atoms with Crippen LogP contribution in [0.25, 0.3) is 11.1 Å². The van der Waals surface area contributed by atoms with Crippen LogP contribution in [0.2, 0.25) is 0 Å². The highest BCUT2D eigenvalue weighted by Crippen LogP contribution is 2.44. The van der Waals surface area contributed by atoms with Gasteiger partial charge in [0.2, 0.25) is 5.91 Å². The topological polar surface area (TPSA) is 95.9 Å². The maximum Gasteiger partial charge on any atom is 0.407 e. The number of carboxylic acids is 1. The van der Waals surface area contributed by atoms with E-state index in [1.807, 2.05) is 38.1 Å². The van der Waals surface area contributed by atoms with E-state index in [9.17, 15) is 19.5 Å². The fraction of sp³-hybridized carbons (Fsp3) is 0.464. The van der Waals surface area contributed by atoms with Crippen LogP contribution in [0.5, 0.6) is 0 Å². The van der Waals surface area contributed by atoms with Gasteiger partial charge in [-0.1, -0.05) is 61.9 Å². The van der Waals surface area contributed by atoms with Crippen molar-refractivity contribution in [2.24, 2.45) is 11.8 Å². The standard InChI is InChI=1S/C28H34N2O5/c1-3-8-20(26(31)30-14-13-19(27(32)33)15-18(30)2)16-29-28(34)35-17-25-23-11-6-4-9-21(23)22-10-5-7-12-24(22)25/h4-7,9-12,18-20,25H,3,8,13-17H2,1-2H3,(H,29,34)(H,32,33)/t18-,19-,20?/m0/s1. The molecule has 7 nitrogen and oxygen atoms in total. The first-order chi connectivity index (χ1) is 16.9. The maximum atomic E-state index is 13.2. The Balaban J connectivity index is 1.33. The van der Waals surface area contributed by atoms with Crippen molar-refractivity contribution < 1.29 is 24.2 Å². The smallest absolute Gasteiger partial charge is 0.407 e. The molecule has 3 atom stereocenters. The summed E-state index contributed by atoms with van der Waals surface area (Å²) >= 11 is 0. The Labute approximate surface area is 206 Å². The molecular weight excluding hydrogens is 444 g/mol. The van der Waals surface area contributed by atoms with Crippen LogP contribution in [-0.4, -0.2) is 53.7 Å². The zero-order valence-electron chi connectivity index (χ0n) is 20.4. The summed E-state index contributed by atoms with van der Waals surface area (Å²) in [6.07, 6.45) is 1.85. The molecule has 35 heavy (non-hydrogen) atoms. The molecule has 2 aromatic rings. The van der Waals surface area contributed by atoms with Crippen molar-refractivity contribution in [2.75, 3.05) is 19.7 Å².